The number of thiol groups is 1. The number of benzene rings is 2. The number of hydrogen-bond donors (Lipinski definition) is 2. The van der Waals surface area contributed by atoms with Crippen LogP contribution in [-0.2, 0) is 22.7 Å². The molecule has 5 atom stereocenters. The van der Waals surface area contributed by atoms with Crippen LogP contribution in [0, 0.1) is 0 Å². The highest BCUT2D eigenvalue weighted by molar-refractivity contribution is 8.39. The predicted octanol–water partition coefficient (Wildman–Crippen LogP) is 5.37. The summed E-state index contributed by atoms with van der Waals surface area (Å²) < 4.78 is 40.4. The molecular weight excluding hydrogens is 632 g/mol. The van der Waals surface area contributed by atoms with E-state index in [1.54, 1.807) is 0 Å². The molecule has 1 fully saturated rings. The van der Waals surface area contributed by atoms with Crippen molar-refractivity contribution >= 4 is 46.5 Å². The number of rotatable bonds is 10. The van der Waals surface area contributed by atoms with Gasteiger partial charge in [-0.2, -0.15) is 0 Å². The Morgan fingerprint density at radius 2 is 1.43 bits per heavy atom. The monoisotopic (exact) mass is 675 g/mol. The van der Waals surface area contributed by atoms with E-state index in [1.165, 1.54) is 16.8 Å². The zero-order valence-electron chi connectivity index (χ0n) is 26.6. The van der Waals surface area contributed by atoms with Crippen molar-refractivity contribution in [2.45, 2.75) is 89.3 Å². The Morgan fingerprint density at radius 1 is 0.886 bits per heavy atom. The zero-order chi connectivity index (χ0) is 32.5. The Balaban J connectivity index is 1.83. The van der Waals surface area contributed by atoms with Gasteiger partial charge in [0.15, 0.2) is 20.6 Å². The van der Waals surface area contributed by atoms with Crippen LogP contribution in [0.1, 0.15) is 47.8 Å². The molecule has 0 bridgehead atoms. The molecule has 3 aromatic rings. The van der Waals surface area contributed by atoms with E-state index in [1.807, 2.05) is 36.4 Å². The predicted molar refractivity (Wildman–Crippen MR) is 182 cm³/mol. The molecule has 2 heterocycles. The summed E-state index contributed by atoms with van der Waals surface area (Å²) in [6, 6.07) is 21.7. The molecule has 1 N–H and O–H groups in total. The summed E-state index contributed by atoms with van der Waals surface area (Å²) in [5.41, 5.74) is -1.17. The van der Waals surface area contributed by atoms with E-state index < -0.39 is 59.7 Å². The van der Waals surface area contributed by atoms with Crippen LogP contribution < -0.4 is 21.6 Å². The van der Waals surface area contributed by atoms with E-state index in [4.69, 9.17) is 18.1 Å². The molecule has 0 aliphatic carbocycles. The SMILES string of the molecule is CC(C)(C)[Si](C)(C)O[C@@H]1[C@H](O[P+](=O)S)[C@@H](CO[Si](c2ccccc2)(c2ccccc2)C(C)(C)C)O[C@H]1n1ccc(=O)[nH]c1=O. The van der Waals surface area contributed by atoms with Gasteiger partial charge in [-0.25, -0.2) is 4.79 Å². The summed E-state index contributed by atoms with van der Waals surface area (Å²) in [6.45, 7) is 17.1. The summed E-state index contributed by atoms with van der Waals surface area (Å²) in [5.74, 6) is 0. The lowest BCUT2D eigenvalue weighted by Gasteiger charge is -2.43. The molecule has 0 spiro atoms. The maximum Gasteiger partial charge on any atom is 0.582 e. The fourth-order valence-electron chi connectivity index (χ4n) is 5.54. The van der Waals surface area contributed by atoms with Crippen LogP contribution in [0.5, 0.6) is 0 Å². The van der Waals surface area contributed by atoms with Crippen molar-refractivity contribution in [1.29, 1.82) is 0 Å². The molecule has 1 unspecified atom stereocenters. The second-order valence-corrected chi connectivity index (χ2v) is 24.4. The first kappa shape index (κ1) is 34.7. The Bertz CT molecular complexity index is 1520. The Labute approximate surface area is 267 Å². The summed E-state index contributed by atoms with van der Waals surface area (Å²) in [6.07, 6.45) is -2.08. The van der Waals surface area contributed by atoms with Gasteiger partial charge in [0.05, 0.1) is 6.61 Å². The van der Waals surface area contributed by atoms with Crippen molar-refractivity contribution in [3.05, 3.63) is 93.8 Å². The Hall–Kier alpha value is -2.16. The number of aromatic nitrogens is 2. The normalized spacial score (nSPS) is 21.8. The third-order valence-electron chi connectivity index (χ3n) is 8.74. The third kappa shape index (κ3) is 7.13. The number of hydrogen-bond acceptors (Lipinski definition) is 7. The van der Waals surface area contributed by atoms with Gasteiger partial charge in [-0.05, 0) is 38.1 Å². The van der Waals surface area contributed by atoms with Gasteiger partial charge >= 0.3 is 12.9 Å². The van der Waals surface area contributed by atoms with Crippen molar-refractivity contribution in [2.24, 2.45) is 0 Å². The molecule has 0 radical (unpaired) electrons. The highest BCUT2D eigenvalue weighted by Gasteiger charge is 2.57. The number of nitrogens with one attached hydrogen (secondary N) is 1. The topological polar surface area (TPSA) is 109 Å². The Morgan fingerprint density at radius 3 is 1.89 bits per heavy atom. The van der Waals surface area contributed by atoms with E-state index >= 15 is 0 Å². The van der Waals surface area contributed by atoms with Crippen LogP contribution in [0.2, 0.25) is 23.2 Å². The van der Waals surface area contributed by atoms with Crippen LogP contribution in [0.25, 0.3) is 0 Å². The van der Waals surface area contributed by atoms with Crippen LogP contribution in [0.3, 0.4) is 0 Å². The first-order valence-corrected chi connectivity index (χ1v) is 21.9. The molecule has 1 aliphatic rings. The standard InChI is InChI=1S/C31H43N2O7PSSi2/c1-30(2,3)43(7,8)40-27-26(39-41(36)42)24(38-28(27)33-20-19-25(34)32-29(33)35)21-37-44(31(4,5)6,22-15-11-9-12-16-22)23-17-13-10-14-18-23/h9-20,24,26-28H,21H2,1-8H3,(H-,32,34,35,36,42)/p+1/t24-,26-,27-,28-/m1/s1. The quantitative estimate of drug-likeness (QED) is 0.169. The molecule has 4 rings (SSSR count). The number of aromatic amines is 1. The largest absolute Gasteiger partial charge is 0.582 e. The number of H-pyrrole nitrogens is 1. The van der Waals surface area contributed by atoms with Gasteiger partial charge in [0.2, 0.25) is 0 Å². The maximum atomic E-state index is 13.0. The average molecular weight is 676 g/mol. The van der Waals surface area contributed by atoms with Gasteiger partial charge in [0, 0.05) is 12.3 Å². The van der Waals surface area contributed by atoms with Crippen molar-refractivity contribution in [2.75, 3.05) is 6.61 Å². The van der Waals surface area contributed by atoms with Gasteiger partial charge < -0.3 is 13.6 Å². The molecule has 44 heavy (non-hydrogen) atoms. The highest BCUT2D eigenvalue weighted by Crippen LogP contribution is 2.46. The fourth-order valence-corrected chi connectivity index (χ4v) is 12.2. The molecule has 1 aromatic heterocycles. The third-order valence-corrected chi connectivity index (χ3v) is 18.9. The summed E-state index contributed by atoms with van der Waals surface area (Å²) in [4.78, 5) is 27.3. The van der Waals surface area contributed by atoms with Crippen LogP contribution in [0.4, 0.5) is 0 Å². The van der Waals surface area contributed by atoms with E-state index in [9.17, 15) is 14.2 Å². The van der Waals surface area contributed by atoms with E-state index in [2.05, 4.69) is 96.1 Å². The second-order valence-electron chi connectivity index (χ2n) is 13.7. The van der Waals surface area contributed by atoms with Gasteiger partial charge in [-0.3, -0.25) is 14.3 Å². The van der Waals surface area contributed by atoms with Crippen molar-refractivity contribution < 1.29 is 22.7 Å². The molecule has 1 aliphatic heterocycles. The van der Waals surface area contributed by atoms with Gasteiger partial charge in [-0.15, -0.1) is 4.52 Å². The number of ether oxygens (including phenoxy) is 1. The minimum atomic E-state index is -2.98. The minimum absolute atomic E-state index is 0.0703. The summed E-state index contributed by atoms with van der Waals surface area (Å²) in [5, 5.41) is 1.70. The van der Waals surface area contributed by atoms with E-state index in [-0.39, 0.29) is 16.7 Å². The molecule has 0 amide bonds. The van der Waals surface area contributed by atoms with Crippen LogP contribution in [-0.4, -0.2) is 51.1 Å². The van der Waals surface area contributed by atoms with Gasteiger partial charge in [0.1, 0.15) is 24.5 Å². The van der Waals surface area contributed by atoms with Crippen LogP contribution in [0.15, 0.2) is 82.5 Å². The lowest BCUT2D eigenvalue weighted by Crippen LogP contribution is -2.67. The lowest BCUT2D eigenvalue weighted by molar-refractivity contribution is -0.0500. The van der Waals surface area contributed by atoms with Gasteiger partial charge in [-0.1, -0.05) is 102 Å². The molecular formula is C31H44N2O7PSSi2+. The molecule has 238 valence electrons. The Kier molecular flexibility index (Phi) is 10.5. The molecule has 2 aromatic carbocycles. The fraction of sp³-hybridized carbons (Fsp3) is 0.484. The smallest absolute Gasteiger partial charge is 0.406 e. The van der Waals surface area contributed by atoms with E-state index in [0.29, 0.717) is 0 Å². The van der Waals surface area contributed by atoms with Gasteiger partial charge in [0.25, 0.3) is 13.9 Å². The lowest BCUT2D eigenvalue weighted by atomic mass is 10.1. The molecule has 0 saturated carbocycles. The summed E-state index contributed by atoms with van der Waals surface area (Å²) >= 11 is 4.10. The molecule has 1 saturated heterocycles. The maximum absolute atomic E-state index is 13.0. The van der Waals surface area contributed by atoms with E-state index in [0.717, 1.165) is 10.4 Å². The molecule has 13 heteroatoms. The zero-order valence-corrected chi connectivity index (χ0v) is 30.4. The first-order chi connectivity index (χ1) is 20.5. The second kappa shape index (κ2) is 13.3. The molecule has 9 nitrogen and oxygen atoms in total. The first-order valence-electron chi connectivity index (χ1n) is 14.7. The van der Waals surface area contributed by atoms with Crippen molar-refractivity contribution in [1.82, 2.24) is 9.55 Å². The number of nitrogens with zero attached hydrogens (tertiary/aromatic N) is 1. The highest BCUT2D eigenvalue weighted by atomic mass is 32.7. The van der Waals surface area contributed by atoms with Crippen molar-refractivity contribution in [3.8, 4) is 0 Å². The minimum Gasteiger partial charge on any atom is -0.406 e. The average Bonchev–Trinajstić information content (AvgIpc) is 3.24. The summed E-state index contributed by atoms with van der Waals surface area (Å²) in [7, 11) is -7.84. The van der Waals surface area contributed by atoms with Crippen LogP contribution >= 0.6 is 19.5 Å². The van der Waals surface area contributed by atoms with Crippen molar-refractivity contribution in [3.63, 3.8) is 0 Å².